The summed E-state index contributed by atoms with van der Waals surface area (Å²) in [6.45, 7) is 1.75. The molecule has 1 atom stereocenters. The van der Waals surface area contributed by atoms with Crippen LogP contribution in [0, 0.1) is 5.92 Å². The minimum atomic E-state index is -3.41. The maximum atomic E-state index is 12.0. The van der Waals surface area contributed by atoms with Crippen molar-refractivity contribution in [1.82, 2.24) is 0 Å². The molecule has 4 nitrogen and oxygen atoms in total. The summed E-state index contributed by atoms with van der Waals surface area (Å²) in [7, 11) is -6.72. The van der Waals surface area contributed by atoms with Gasteiger partial charge in [0.15, 0.2) is 19.7 Å². The van der Waals surface area contributed by atoms with Gasteiger partial charge in [-0.25, -0.2) is 16.8 Å². The number of hydrogen-bond donors (Lipinski definition) is 0. The highest BCUT2D eigenvalue weighted by Crippen LogP contribution is 2.17. The fraction of sp³-hybridized carbons (Fsp3) is 0.455. The lowest BCUT2D eigenvalue weighted by atomic mass is 10.3. The molecule has 18 heavy (non-hydrogen) atoms. The van der Waals surface area contributed by atoms with Crippen molar-refractivity contribution in [3.8, 4) is 0 Å². The molecule has 0 aliphatic rings. The zero-order valence-electron chi connectivity index (χ0n) is 10.1. The second-order valence-corrected chi connectivity index (χ2v) is 8.64. The molecule has 0 N–H and O–H groups in total. The first-order chi connectivity index (χ1) is 8.16. The van der Waals surface area contributed by atoms with E-state index in [9.17, 15) is 16.8 Å². The predicted molar refractivity (Wildman–Crippen MR) is 71.5 cm³/mol. The SMILES string of the molecule is CC(CCl)CS(=O)(=O)c1ccc(S(C)(=O)=O)cc1. The Morgan fingerprint density at radius 1 is 1.06 bits per heavy atom. The summed E-state index contributed by atoms with van der Waals surface area (Å²) in [5, 5.41) is 0. The predicted octanol–water partition coefficient (Wildman–Crippen LogP) is 1.74. The van der Waals surface area contributed by atoms with Crippen LogP contribution in [0.5, 0.6) is 0 Å². The summed E-state index contributed by atoms with van der Waals surface area (Å²) in [5.41, 5.74) is 0. The van der Waals surface area contributed by atoms with Crippen molar-refractivity contribution in [3.05, 3.63) is 24.3 Å². The minimum absolute atomic E-state index is 0.0469. The standard InChI is InChI=1S/C11H15ClO4S2/c1-9(7-12)8-18(15,16)11-5-3-10(4-6-11)17(2,13)14/h3-6,9H,7-8H2,1-2H3. The van der Waals surface area contributed by atoms with Gasteiger partial charge in [0.1, 0.15) is 0 Å². The van der Waals surface area contributed by atoms with Crippen molar-refractivity contribution >= 4 is 31.3 Å². The Morgan fingerprint density at radius 3 is 1.89 bits per heavy atom. The molecule has 0 amide bonds. The number of rotatable bonds is 5. The Bertz CT molecular complexity index is 603. The topological polar surface area (TPSA) is 68.3 Å². The highest BCUT2D eigenvalue weighted by molar-refractivity contribution is 7.91. The largest absolute Gasteiger partial charge is 0.224 e. The molecule has 0 radical (unpaired) electrons. The van der Waals surface area contributed by atoms with Crippen LogP contribution in [-0.4, -0.2) is 34.7 Å². The molecule has 0 heterocycles. The molecule has 102 valence electrons. The third-order valence-electron chi connectivity index (χ3n) is 2.38. The molecule has 0 aliphatic carbocycles. The Labute approximate surface area is 113 Å². The molecule has 0 saturated heterocycles. The monoisotopic (exact) mass is 310 g/mol. The van der Waals surface area contributed by atoms with Crippen LogP contribution in [0.1, 0.15) is 6.92 Å². The van der Waals surface area contributed by atoms with Crippen LogP contribution in [-0.2, 0) is 19.7 Å². The summed E-state index contributed by atoms with van der Waals surface area (Å²) in [6.07, 6.45) is 1.08. The summed E-state index contributed by atoms with van der Waals surface area (Å²) >= 11 is 5.59. The molecule has 0 aromatic heterocycles. The molecule has 0 spiro atoms. The van der Waals surface area contributed by atoms with Gasteiger partial charge in [0.05, 0.1) is 15.5 Å². The van der Waals surface area contributed by atoms with Crippen molar-refractivity contribution in [2.75, 3.05) is 17.9 Å². The number of halogens is 1. The van der Waals surface area contributed by atoms with E-state index in [-0.39, 0.29) is 27.3 Å². The Balaban J connectivity index is 3.06. The van der Waals surface area contributed by atoms with Crippen LogP contribution in [0.15, 0.2) is 34.1 Å². The van der Waals surface area contributed by atoms with E-state index in [4.69, 9.17) is 11.6 Å². The van der Waals surface area contributed by atoms with Gasteiger partial charge in [-0.2, -0.15) is 0 Å². The average molecular weight is 311 g/mol. The first-order valence-corrected chi connectivity index (χ1v) is 9.33. The van der Waals surface area contributed by atoms with Crippen molar-refractivity contribution in [2.24, 2.45) is 5.92 Å². The summed E-state index contributed by atoms with van der Waals surface area (Å²) in [6, 6.07) is 5.22. The van der Waals surface area contributed by atoms with E-state index in [2.05, 4.69) is 0 Å². The Hall–Kier alpha value is -0.590. The van der Waals surface area contributed by atoms with Crippen LogP contribution < -0.4 is 0 Å². The van der Waals surface area contributed by atoms with E-state index in [1.807, 2.05) is 0 Å². The maximum absolute atomic E-state index is 12.0. The van der Waals surface area contributed by atoms with Gasteiger partial charge in [0.2, 0.25) is 0 Å². The molecule has 7 heteroatoms. The summed E-state index contributed by atoms with van der Waals surface area (Å²) < 4.78 is 46.4. The van der Waals surface area contributed by atoms with Gasteiger partial charge in [-0.15, -0.1) is 11.6 Å². The van der Waals surface area contributed by atoms with Crippen LogP contribution in [0.3, 0.4) is 0 Å². The van der Waals surface area contributed by atoms with E-state index in [1.54, 1.807) is 6.92 Å². The number of sulfone groups is 2. The fourth-order valence-electron chi connectivity index (χ4n) is 1.41. The first kappa shape index (κ1) is 15.5. The van der Waals surface area contributed by atoms with Gasteiger partial charge in [0, 0.05) is 12.1 Å². The normalized spacial score (nSPS) is 14.4. The first-order valence-electron chi connectivity index (χ1n) is 5.25. The molecule has 0 fully saturated rings. The molecule has 0 bridgehead atoms. The van der Waals surface area contributed by atoms with Gasteiger partial charge < -0.3 is 0 Å². The van der Waals surface area contributed by atoms with E-state index >= 15 is 0 Å². The van der Waals surface area contributed by atoms with E-state index < -0.39 is 19.7 Å². The highest BCUT2D eigenvalue weighted by atomic mass is 35.5. The third-order valence-corrected chi connectivity index (χ3v) is 6.03. The zero-order chi connectivity index (χ0) is 14.0. The van der Waals surface area contributed by atoms with Crippen LogP contribution in [0.2, 0.25) is 0 Å². The van der Waals surface area contributed by atoms with Crippen LogP contribution >= 0.6 is 11.6 Å². The van der Waals surface area contributed by atoms with Gasteiger partial charge in [-0.3, -0.25) is 0 Å². The molecular formula is C11H15ClO4S2. The molecule has 1 aromatic rings. The molecular weight excluding hydrogens is 296 g/mol. The van der Waals surface area contributed by atoms with Crippen LogP contribution in [0.4, 0.5) is 0 Å². The van der Waals surface area contributed by atoms with Crippen molar-refractivity contribution < 1.29 is 16.8 Å². The lowest BCUT2D eigenvalue weighted by molar-refractivity contribution is 0.582. The van der Waals surface area contributed by atoms with E-state index in [0.717, 1.165) is 6.26 Å². The number of hydrogen-bond acceptors (Lipinski definition) is 4. The second kappa shape index (κ2) is 5.59. The number of benzene rings is 1. The molecule has 1 unspecified atom stereocenters. The molecule has 1 rings (SSSR count). The van der Waals surface area contributed by atoms with Crippen molar-refractivity contribution in [1.29, 1.82) is 0 Å². The van der Waals surface area contributed by atoms with E-state index in [0.29, 0.717) is 0 Å². The average Bonchev–Trinajstić information content (AvgIpc) is 2.27. The fourth-order valence-corrected chi connectivity index (χ4v) is 3.89. The van der Waals surface area contributed by atoms with Crippen molar-refractivity contribution in [2.45, 2.75) is 16.7 Å². The zero-order valence-corrected chi connectivity index (χ0v) is 12.5. The molecule has 1 aromatic carbocycles. The lowest BCUT2D eigenvalue weighted by Gasteiger charge is -2.09. The Morgan fingerprint density at radius 2 is 1.50 bits per heavy atom. The number of alkyl halides is 1. The van der Waals surface area contributed by atoms with E-state index in [1.165, 1.54) is 24.3 Å². The smallest absolute Gasteiger partial charge is 0.178 e. The van der Waals surface area contributed by atoms with Gasteiger partial charge in [0.25, 0.3) is 0 Å². The van der Waals surface area contributed by atoms with Gasteiger partial charge >= 0.3 is 0 Å². The summed E-state index contributed by atoms with van der Waals surface area (Å²) in [5.74, 6) is 0.0706. The summed E-state index contributed by atoms with van der Waals surface area (Å²) in [4.78, 5) is 0.221. The van der Waals surface area contributed by atoms with Gasteiger partial charge in [-0.1, -0.05) is 6.92 Å². The Kier molecular flexibility index (Phi) is 4.80. The molecule has 0 saturated carbocycles. The van der Waals surface area contributed by atoms with Crippen molar-refractivity contribution in [3.63, 3.8) is 0 Å². The molecule has 0 aliphatic heterocycles. The minimum Gasteiger partial charge on any atom is -0.224 e. The second-order valence-electron chi connectivity index (χ2n) is 4.28. The third kappa shape index (κ3) is 3.96. The van der Waals surface area contributed by atoms with Crippen LogP contribution in [0.25, 0.3) is 0 Å². The quantitative estimate of drug-likeness (QED) is 0.777. The maximum Gasteiger partial charge on any atom is 0.178 e. The highest BCUT2D eigenvalue weighted by Gasteiger charge is 2.18. The van der Waals surface area contributed by atoms with Gasteiger partial charge in [-0.05, 0) is 30.2 Å². The lowest BCUT2D eigenvalue weighted by Crippen LogP contribution is -2.15.